The van der Waals surface area contributed by atoms with Gasteiger partial charge in [-0.2, -0.15) is 0 Å². The van der Waals surface area contributed by atoms with E-state index in [2.05, 4.69) is 15.2 Å². The van der Waals surface area contributed by atoms with Crippen molar-refractivity contribution in [3.63, 3.8) is 0 Å². The molecule has 0 aliphatic heterocycles. The predicted molar refractivity (Wildman–Crippen MR) is 93.3 cm³/mol. The number of thioether (sulfide) groups is 1. The van der Waals surface area contributed by atoms with E-state index in [1.807, 2.05) is 24.3 Å². The number of benzene rings is 1. The summed E-state index contributed by atoms with van der Waals surface area (Å²) in [6.45, 7) is 3.87. The molecule has 1 aromatic carbocycles. The van der Waals surface area contributed by atoms with Crippen LogP contribution < -0.4 is 4.74 Å². The number of rotatable bonds is 5. The highest BCUT2D eigenvalue weighted by Gasteiger charge is 2.14. The fraction of sp³-hybridized carbons (Fsp3) is 0.250. The lowest BCUT2D eigenvalue weighted by atomic mass is 10.1. The molecular formula is C16H15ClN4O2S. The van der Waals surface area contributed by atoms with E-state index in [4.69, 9.17) is 16.3 Å². The van der Waals surface area contributed by atoms with Gasteiger partial charge in [-0.3, -0.25) is 9.20 Å². The highest BCUT2D eigenvalue weighted by molar-refractivity contribution is 7.99. The first-order valence-electron chi connectivity index (χ1n) is 7.18. The van der Waals surface area contributed by atoms with Crippen LogP contribution in [0.5, 0.6) is 5.75 Å². The molecule has 3 aromatic rings. The van der Waals surface area contributed by atoms with E-state index in [9.17, 15) is 4.79 Å². The molecule has 0 radical (unpaired) electrons. The van der Waals surface area contributed by atoms with Gasteiger partial charge in [0.1, 0.15) is 5.75 Å². The number of fused-ring (bicyclic) bond motifs is 1. The van der Waals surface area contributed by atoms with Crippen LogP contribution in [0.1, 0.15) is 21.7 Å². The van der Waals surface area contributed by atoms with Crippen molar-refractivity contribution in [1.82, 2.24) is 19.6 Å². The van der Waals surface area contributed by atoms with Crippen molar-refractivity contribution in [1.29, 1.82) is 0 Å². The molecule has 0 spiro atoms. The van der Waals surface area contributed by atoms with E-state index in [0.29, 0.717) is 27.3 Å². The summed E-state index contributed by atoms with van der Waals surface area (Å²) in [4.78, 5) is 16.7. The zero-order chi connectivity index (χ0) is 17.3. The van der Waals surface area contributed by atoms with Crippen LogP contribution in [0.15, 0.2) is 29.4 Å². The second-order valence-electron chi connectivity index (χ2n) is 5.22. The second kappa shape index (κ2) is 6.78. The molecule has 0 aliphatic rings. The second-order valence-corrected chi connectivity index (χ2v) is 6.57. The molecule has 2 aromatic heterocycles. The Kier molecular flexibility index (Phi) is 4.73. The third-order valence-corrected chi connectivity index (χ3v) is 4.69. The molecular weight excluding hydrogens is 348 g/mol. The summed E-state index contributed by atoms with van der Waals surface area (Å²) in [5.74, 6) is 1.27. The Morgan fingerprint density at radius 3 is 2.79 bits per heavy atom. The summed E-state index contributed by atoms with van der Waals surface area (Å²) in [7, 11) is 1.53. The van der Waals surface area contributed by atoms with Crippen LogP contribution in [0, 0.1) is 13.8 Å². The van der Waals surface area contributed by atoms with Crippen LogP contribution >= 0.6 is 23.4 Å². The molecule has 24 heavy (non-hydrogen) atoms. The lowest BCUT2D eigenvalue weighted by Crippen LogP contribution is -2.04. The molecule has 3 rings (SSSR count). The summed E-state index contributed by atoms with van der Waals surface area (Å²) in [5, 5.41) is 9.24. The number of ketones is 1. The number of carbonyl (C=O) groups excluding carboxylic acids is 1. The van der Waals surface area contributed by atoms with Crippen molar-refractivity contribution in [3.05, 3.63) is 46.2 Å². The minimum atomic E-state index is -0.0426. The van der Waals surface area contributed by atoms with E-state index < -0.39 is 0 Å². The summed E-state index contributed by atoms with van der Waals surface area (Å²) in [6, 6.07) is 6.95. The normalized spacial score (nSPS) is 11.0. The van der Waals surface area contributed by atoms with Crippen molar-refractivity contribution in [2.24, 2.45) is 0 Å². The summed E-state index contributed by atoms with van der Waals surface area (Å²) < 4.78 is 6.93. The molecule has 0 saturated heterocycles. The number of Topliss-reactive ketones (excluding diaryl/α,β-unsaturated/α-hetero) is 1. The molecule has 124 valence electrons. The van der Waals surface area contributed by atoms with Crippen LogP contribution in [0.4, 0.5) is 0 Å². The molecule has 0 bridgehead atoms. The van der Waals surface area contributed by atoms with Gasteiger partial charge in [0.05, 0.1) is 17.9 Å². The summed E-state index contributed by atoms with van der Waals surface area (Å²) >= 11 is 7.39. The molecule has 0 unspecified atom stereocenters. The van der Waals surface area contributed by atoms with Gasteiger partial charge < -0.3 is 4.74 Å². The first-order valence-corrected chi connectivity index (χ1v) is 8.55. The smallest absolute Gasteiger partial charge is 0.256 e. The van der Waals surface area contributed by atoms with E-state index >= 15 is 0 Å². The maximum atomic E-state index is 12.4. The largest absolute Gasteiger partial charge is 0.495 e. The molecule has 0 fully saturated rings. The number of ether oxygens (including phenoxy) is 1. The Labute approximate surface area is 148 Å². The van der Waals surface area contributed by atoms with Crippen LogP contribution in [-0.2, 0) is 0 Å². The van der Waals surface area contributed by atoms with Crippen LogP contribution in [0.25, 0.3) is 5.78 Å². The topological polar surface area (TPSA) is 69.4 Å². The Morgan fingerprint density at radius 1 is 1.29 bits per heavy atom. The Bertz CT molecular complexity index is 926. The third-order valence-electron chi connectivity index (χ3n) is 3.47. The monoisotopic (exact) mass is 362 g/mol. The van der Waals surface area contributed by atoms with Gasteiger partial charge in [0.15, 0.2) is 10.9 Å². The first kappa shape index (κ1) is 16.7. The van der Waals surface area contributed by atoms with Crippen molar-refractivity contribution in [3.8, 4) is 5.75 Å². The lowest BCUT2D eigenvalue weighted by molar-refractivity contribution is 0.102. The van der Waals surface area contributed by atoms with Gasteiger partial charge in [0.25, 0.3) is 5.78 Å². The van der Waals surface area contributed by atoms with Gasteiger partial charge >= 0.3 is 0 Å². The quantitative estimate of drug-likeness (QED) is 0.512. The molecule has 0 saturated carbocycles. The van der Waals surface area contributed by atoms with Crippen LogP contribution in [-0.4, -0.2) is 38.2 Å². The average Bonchev–Trinajstić information content (AvgIpc) is 2.95. The van der Waals surface area contributed by atoms with Gasteiger partial charge in [-0.25, -0.2) is 4.98 Å². The number of hydrogen-bond acceptors (Lipinski definition) is 6. The maximum absolute atomic E-state index is 12.4. The molecule has 0 N–H and O–H groups in total. The van der Waals surface area contributed by atoms with E-state index in [0.717, 1.165) is 11.4 Å². The van der Waals surface area contributed by atoms with E-state index in [1.165, 1.54) is 18.9 Å². The zero-order valence-electron chi connectivity index (χ0n) is 13.4. The molecule has 0 amide bonds. The highest BCUT2D eigenvalue weighted by Crippen LogP contribution is 2.26. The third kappa shape index (κ3) is 3.22. The number of nitrogens with zero attached hydrogens (tertiary/aromatic N) is 4. The predicted octanol–water partition coefficient (Wildman–Crippen LogP) is 3.38. The van der Waals surface area contributed by atoms with E-state index in [-0.39, 0.29) is 11.5 Å². The number of halogens is 1. The molecule has 0 atom stereocenters. The molecule has 6 nitrogen and oxygen atoms in total. The lowest BCUT2D eigenvalue weighted by Gasteiger charge is -2.06. The zero-order valence-corrected chi connectivity index (χ0v) is 15.0. The van der Waals surface area contributed by atoms with Gasteiger partial charge in [-0.15, -0.1) is 10.2 Å². The van der Waals surface area contributed by atoms with Gasteiger partial charge in [-0.05, 0) is 38.1 Å². The number of carbonyl (C=O) groups is 1. The van der Waals surface area contributed by atoms with Crippen LogP contribution in [0.3, 0.4) is 0 Å². The van der Waals surface area contributed by atoms with Crippen molar-refractivity contribution < 1.29 is 9.53 Å². The van der Waals surface area contributed by atoms with Crippen molar-refractivity contribution in [2.75, 3.05) is 12.9 Å². The minimum absolute atomic E-state index is 0.0426. The summed E-state index contributed by atoms with van der Waals surface area (Å²) in [6.07, 6.45) is 0. The first-order chi connectivity index (χ1) is 11.5. The molecule has 8 heteroatoms. The number of aryl methyl sites for hydroxylation is 2. The molecule has 2 heterocycles. The average molecular weight is 363 g/mol. The number of aromatic nitrogens is 4. The Balaban J connectivity index is 1.78. The minimum Gasteiger partial charge on any atom is -0.495 e. The Morgan fingerprint density at radius 2 is 2.08 bits per heavy atom. The number of hydrogen-bond donors (Lipinski definition) is 0. The van der Waals surface area contributed by atoms with Crippen LogP contribution in [0.2, 0.25) is 5.02 Å². The fourth-order valence-corrected chi connectivity index (χ4v) is 3.48. The molecule has 0 aliphatic carbocycles. The van der Waals surface area contributed by atoms with Crippen molar-refractivity contribution in [2.45, 2.75) is 19.0 Å². The standard InChI is InChI=1S/C16H15ClN4O2S/c1-9-6-10(2)21-15(18-9)19-20-16(21)24-8-13(22)11-4-5-14(23-3)12(17)7-11/h4-7H,8H2,1-3H3. The maximum Gasteiger partial charge on any atom is 0.256 e. The van der Waals surface area contributed by atoms with Crippen molar-refractivity contribution >= 4 is 34.9 Å². The number of methoxy groups -OCH3 is 1. The van der Waals surface area contributed by atoms with Gasteiger partial charge in [0, 0.05) is 17.0 Å². The highest BCUT2D eigenvalue weighted by atomic mass is 35.5. The van der Waals surface area contributed by atoms with Gasteiger partial charge in [0.2, 0.25) is 0 Å². The van der Waals surface area contributed by atoms with Gasteiger partial charge in [-0.1, -0.05) is 23.4 Å². The fourth-order valence-electron chi connectivity index (χ4n) is 2.35. The summed E-state index contributed by atoms with van der Waals surface area (Å²) in [5.41, 5.74) is 2.39. The Hall–Kier alpha value is -2.12. The SMILES string of the molecule is COc1ccc(C(=O)CSc2nnc3nc(C)cc(C)n23)cc1Cl. The van der Waals surface area contributed by atoms with E-state index in [1.54, 1.807) is 18.2 Å².